The molecule has 0 saturated heterocycles. The number of hydrogen-bond acceptors (Lipinski definition) is 4. The topological polar surface area (TPSA) is 80.5 Å². The fourth-order valence-electron chi connectivity index (χ4n) is 4.02. The van der Waals surface area contributed by atoms with Crippen molar-refractivity contribution in [2.75, 3.05) is 18.5 Å². The molecule has 34 heavy (non-hydrogen) atoms. The Morgan fingerprint density at radius 3 is 2.29 bits per heavy atom. The van der Waals surface area contributed by atoms with Crippen molar-refractivity contribution in [2.24, 2.45) is 4.99 Å². The first-order valence-corrected chi connectivity index (χ1v) is 11.8. The number of ether oxygens (including phenoxy) is 1. The lowest BCUT2D eigenvalue weighted by Gasteiger charge is -2.13. The van der Waals surface area contributed by atoms with E-state index in [1.807, 2.05) is 74.8 Å². The molecule has 0 fully saturated rings. The first kappa shape index (κ1) is 25.0. The summed E-state index contributed by atoms with van der Waals surface area (Å²) in [6.07, 6.45) is 0.742. The molecule has 3 aromatic rings. The summed E-state index contributed by atoms with van der Waals surface area (Å²) < 4.78 is 7.53. The van der Waals surface area contributed by atoms with Crippen LogP contribution in [0.5, 0.6) is 5.75 Å². The molecule has 0 aliphatic heterocycles. The fraction of sp³-hybridized carbons (Fsp3) is 0.370. The number of carbonyl (C=O) groups is 1. The van der Waals surface area contributed by atoms with Crippen LogP contribution < -0.4 is 15.4 Å². The second-order valence-electron chi connectivity index (χ2n) is 8.36. The third-order valence-corrected chi connectivity index (χ3v) is 5.61. The maximum absolute atomic E-state index is 13.0. The molecule has 1 heterocycles. The Labute approximate surface area is 202 Å². The molecule has 180 valence electrons. The smallest absolute Gasteiger partial charge is 0.257 e. The number of amides is 1. The van der Waals surface area contributed by atoms with Crippen LogP contribution in [0, 0.1) is 27.7 Å². The second-order valence-corrected chi connectivity index (χ2v) is 8.36. The van der Waals surface area contributed by atoms with Crippen molar-refractivity contribution < 1.29 is 9.53 Å². The van der Waals surface area contributed by atoms with E-state index in [4.69, 9.17) is 9.73 Å². The highest BCUT2D eigenvalue weighted by Gasteiger charge is 2.13. The van der Waals surface area contributed by atoms with Gasteiger partial charge in [-0.3, -0.25) is 19.8 Å². The molecule has 0 saturated carbocycles. The van der Waals surface area contributed by atoms with E-state index in [9.17, 15) is 4.79 Å². The molecule has 0 radical (unpaired) electrons. The highest BCUT2D eigenvalue weighted by atomic mass is 16.5. The number of nitrogens with zero attached hydrogens (tertiary/aromatic N) is 3. The van der Waals surface area contributed by atoms with Crippen LogP contribution >= 0.6 is 0 Å². The van der Waals surface area contributed by atoms with E-state index in [-0.39, 0.29) is 5.91 Å². The summed E-state index contributed by atoms with van der Waals surface area (Å²) in [4.78, 5) is 17.7. The lowest BCUT2D eigenvalue weighted by atomic mass is 10.1. The average molecular weight is 462 g/mol. The van der Waals surface area contributed by atoms with Crippen molar-refractivity contribution in [1.82, 2.24) is 15.1 Å². The zero-order valence-electron chi connectivity index (χ0n) is 21.0. The molecule has 0 bridgehead atoms. The van der Waals surface area contributed by atoms with Crippen molar-refractivity contribution in [3.63, 3.8) is 0 Å². The Morgan fingerprint density at radius 2 is 1.71 bits per heavy atom. The zero-order valence-corrected chi connectivity index (χ0v) is 21.0. The van der Waals surface area contributed by atoms with Gasteiger partial charge in [0.15, 0.2) is 0 Å². The molecule has 0 spiro atoms. The van der Waals surface area contributed by atoms with Crippen LogP contribution in [-0.4, -0.2) is 34.8 Å². The number of benzene rings is 2. The molecule has 7 heteroatoms. The minimum Gasteiger partial charge on any atom is -0.494 e. The van der Waals surface area contributed by atoms with Crippen LogP contribution in [0.15, 0.2) is 47.5 Å². The van der Waals surface area contributed by atoms with Crippen LogP contribution in [0.3, 0.4) is 0 Å². The lowest BCUT2D eigenvalue weighted by molar-refractivity contribution is 0.0976. The van der Waals surface area contributed by atoms with Gasteiger partial charge in [0.25, 0.3) is 5.91 Å². The Balaban J connectivity index is 1.80. The van der Waals surface area contributed by atoms with Gasteiger partial charge in [0.05, 0.1) is 12.3 Å². The van der Waals surface area contributed by atoms with Crippen LogP contribution in [0.1, 0.15) is 52.3 Å². The van der Waals surface area contributed by atoms with E-state index in [0.717, 1.165) is 46.9 Å². The van der Waals surface area contributed by atoms with Crippen LogP contribution in [0.25, 0.3) is 0 Å². The molecule has 1 amide bonds. The first-order chi connectivity index (χ1) is 16.3. The Morgan fingerprint density at radius 1 is 1.03 bits per heavy atom. The molecular formula is C27H35N5O2. The van der Waals surface area contributed by atoms with Gasteiger partial charge < -0.3 is 10.1 Å². The van der Waals surface area contributed by atoms with Crippen molar-refractivity contribution in [2.45, 2.75) is 54.5 Å². The number of guanidine groups is 1. The number of rotatable bonds is 8. The molecule has 3 rings (SSSR count). The minimum atomic E-state index is -0.199. The van der Waals surface area contributed by atoms with Gasteiger partial charge >= 0.3 is 0 Å². The fourth-order valence-corrected chi connectivity index (χ4v) is 4.02. The molecule has 0 unspecified atom stereocenters. The van der Waals surface area contributed by atoms with E-state index in [2.05, 4.69) is 29.6 Å². The van der Waals surface area contributed by atoms with E-state index in [1.165, 1.54) is 5.56 Å². The third-order valence-electron chi connectivity index (χ3n) is 5.61. The number of aliphatic imine (C=N–C) groups is 1. The lowest BCUT2D eigenvalue weighted by Crippen LogP contribution is -2.36. The molecule has 2 N–H and O–H groups in total. The summed E-state index contributed by atoms with van der Waals surface area (Å²) in [6, 6.07) is 13.4. The minimum absolute atomic E-state index is 0.199. The van der Waals surface area contributed by atoms with Crippen LogP contribution in [0.4, 0.5) is 5.69 Å². The van der Waals surface area contributed by atoms with Gasteiger partial charge in [-0.2, -0.15) is 5.10 Å². The average Bonchev–Trinajstić information content (AvgIpc) is 3.07. The number of anilines is 1. The Bertz CT molecular complexity index is 1140. The van der Waals surface area contributed by atoms with Gasteiger partial charge in [0.1, 0.15) is 5.75 Å². The molecule has 0 aliphatic carbocycles. The van der Waals surface area contributed by atoms with E-state index in [1.54, 1.807) is 0 Å². The summed E-state index contributed by atoms with van der Waals surface area (Å²) in [5.74, 6) is 1.01. The zero-order chi connectivity index (χ0) is 24.7. The van der Waals surface area contributed by atoms with Gasteiger partial charge in [-0.25, -0.2) is 0 Å². The predicted molar refractivity (Wildman–Crippen MR) is 138 cm³/mol. The summed E-state index contributed by atoms with van der Waals surface area (Å²) >= 11 is 0. The van der Waals surface area contributed by atoms with Gasteiger partial charge in [0, 0.05) is 30.0 Å². The summed E-state index contributed by atoms with van der Waals surface area (Å²) in [5, 5.41) is 10.8. The van der Waals surface area contributed by atoms with E-state index in [0.29, 0.717) is 24.7 Å². The van der Waals surface area contributed by atoms with Gasteiger partial charge in [-0.1, -0.05) is 17.2 Å². The molecule has 2 aromatic carbocycles. The number of nitrogens with one attached hydrogen (secondary N) is 2. The molecular weight excluding hydrogens is 426 g/mol. The SMILES string of the molecule is CCOc1ccc(NC(=NCCc2c(C)nn(CC)c2C)NC(=O)c2cc(C)cc(C)c2)cc1. The molecule has 7 nitrogen and oxygen atoms in total. The van der Waals surface area contributed by atoms with Crippen molar-refractivity contribution in [3.8, 4) is 5.75 Å². The quantitative estimate of drug-likeness (QED) is 0.366. The second kappa shape index (κ2) is 11.5. The Kier molecular flexibility index (Phi) is 8.46. The first-order valence-electron chi connectivity index (χ1n) is 11.8. The third kappa shape index (κ3) is 6.47. The molecule has 0 atom stereocenters. The van der Waals surface area contributed by atoms with Crippen LogP contribution in [-0.2, 0) is 13.0 Å². The maximum atomic E-state index is 13.0. The standard InChI is InChI=1S/C27H35N5O2/c1-7-32-21(6)25(20(5)31-32)13-14-28-27(29-23-9-11-24(12-10-23)34-8-2)30-26(33)22-16-18(3)15-19(4)17-22/h9-12,15-17H,7-8,13-14H2,1-6H3,(H2,28,29,30,33). The number of aromatic nitrogens is 2. The number of hydrogen-bond donors (Lipinski definition) is 2. The van der Waals surface area contributed by atoms with E-state index < -0.39 is 0 Å². The largest absolute Gasteiger partial charge is 0.494 e. The number of carbonyl (C=O) groups excluding carboxylic acids is 1. The summed E-state index contributed by atoms with van der Waals surface area (Å²) in [7, 11) is 0. The maximum Gasteiger partial charge on any atom is 0.257 e. The highest BCUT2D eigenvalue weighted by Crippen LogP contribution is 2.17. The predicted octanol–water partition coefficient (Wildman–Crippen LogP) is 4.98. The summed E-state index contributed by atoms with van der Waals surface area (Å²) in [6.45, 7) is 14.1. The van der Waals surface area contributed by atoms with Crippen molar-refractivity contribution >= 4 is 17.6 Å². The van der Waals surface area contributed by atoms with Crippen molar-refractivity contribution in [3.05, 3.63) is 76.1 Å². The highest BCUT2D eigenvalue weighted by molar-refractivity contribution is 6.10. The normalized spacial score (nSPS) is 11.4. The van der Waals surface area contributed by atoms with Gasteiger partial charge in [-0.05, 0) is 89.9 Å². The van der Waals surface area contributed by atoms with Crippen molar-refractivity contribution in [1.29, 1.82) is 0 Å². The number of aryl methyl sites for hydroxylation is 4. The summed E-state index contributed by atoms with van der Waals surface area (Å²) in [5.41, 5.74) is 6.89. The van der Waals surface area contributed by atoms with Gasteiger partial charge in [-0.15, -0.1) is 0 Å². The monoisotopic (exact) mass is 461 g/mol. The molecule has 1 aromatic heterocycles. The Hall–Kier alpha value is -3.61. The van der Waals surface area contributed by atoms with E-state index >= 15 is 0 Å². The van der Waals surface area contributed by atoms with Gasteiger partial charge in [0.2, 0.25) is 5.96 Å². The van der Waals surface area contributed by atoms with Crippen LogP contribution in [0.2, 0.25) is 0 Å². The molecule has 0 aliphatic rings.